The molecule has 0 aliphatic heterocycles. The molecule has 0 aromatic heterocycles. The summed E-state index contributed by atoms with van der Waals surface area (Å²) in [6.45, 7) is 4.99. The molecule has 0 radical (unpaired) electrons. The summed E-state index contributed by atoms with van der Waals surface area (Å²) in [6, 6.07) is -0.544. The second-order valence-corrected chi connectivity index (χ2v) is 23.2. The number of hydrogen-bond donors (Lipinski definition) is 3. The van der Waals surface area contributed by atoms with Gasteiger partial charge in [0.2, 0.25) is 5.91 Å². The predicted molar refractivity (Wildman–Crippen MR) is 315 cm³/mol. The normalized spacial score (nSPS) is 12.4. The minimum absolute atomic E-state index is 0.0105. The number of nitrogens with one attached hydrogen (secondary N) is 1. The van der Waals surface area contributed by atoms with Gasteiger partial charge in [-0.05, 0) is 25.7 Å². The summed E-state index contributed by atoms with van der Waals surface area (Å²) in [6.07, 6.45) is 74.1. The molecule has 0 spiro atoms. The highest BCUT2D eigenvalue weighted by Gasteiger charge is 2.20. The first kappa shape index (κ1) is 70.9. The molecule has 6 nitrogen and oxygen atoms in total. The van der Waals surface area contributed by atoms with E-state index >= 15 is 0 Å². The minimum atomic E-state index is -0.667. The Balaban J connectivity index is 3.39. The van der Waals surface area contributed by atoms with Gasteiger partial charge in [0, 0.05) is 12.8 Å². The Morgan fingerprint density at radius 1 is 0.333 bits per heavy atom. The number of carbonyl (C=O) groups is 2. The van der Waals surface area contributed by atoms with Crippen LogP contribution < -0.4 is 5.32 Å². The molecule has 72 heavy (non-hydrogen) atoms. The molecule has 3 N–H and O–H groups in total. The van der Waals surface area contributed by atoms with E-state index in [1.807, 2.05) is 0 Å². The van der Waals surface area contributed by atoms with Crippen LogP contribution in [-0.4, -0.2) is 47.4 Å². The Bertz CT molecular complexity index is 1040. The zero-order chi connectivity index (χ0) is 52.2. The molecule has 0 aliphatic carbocycles. The van der Waals surface area contributed by atoms with Crippen LogP contribution in [0.5, 0.6) is 0 Å². The van der Waals surface area contributed by atoms with Crippen LogP contribution in [0.15, 0.2) is 0 Å². The molecule has 0 saturated carbocycles. The number of ether oxygens (including phenoxy) is 1. The molecular weight excluding hydrogens is 887 g/mol. The quantitative estimate of drug-likeness (QED) is 0.0417. The first-order chi connectivity index (χ1) is 35.5. The summed E-state index contributed by atoms with van der Waals surface area (Å²) in [5, 5.41) is 23.4. The van der Waals surface area contributed by atoms with Gasteiger partial charge in [-0.15, -0.1) is 0 Å². The Hall–Kier alpha value is -1.14. The fraction of sp³-hybridized carbons (Fsp3) is 0.970. The number of amides is 1. The topological polar surface area (TPSA) is 95.9 Å². The van der Waals surface area contributed by atoms with E-state index in [0.717, 1.165) is 38.5 Å². The van der Waals surface area contributed by atoms with Gasteiger partial charge in [0.1, 0.15) is 0 Å². The Labute approximate surface area is 451 Å². The maximum absolute atomic E-state index is 12.5. The third-order valence-electron chi connectivity index (χ3n) is 15.9. The van der Waals surface area contributed by atoms with Gasteiger partial charge < -0.3 is 20.3 Å². The van der Waals surface area contributed by atoms with E-state index in [1.54, 1.807) is 0 Å². The molecule has 0 aromatic carbocycles. The molecule has 0 aliphatic rings. The highest BCUT2D eigenvalue weighted by Crippen LogP contribution is 2.19. The van der Waals surface area contributed by atoms with Gasteiger partial charge in [-0.1, -0.05) is 348 Å². The van der Waals surface area contributed by atoms with E-state index in [-0.39, 0.29) is 18.5 Å². The van der Waals surface area contributed by atoms with Gasteiger partial charge in [-0.2, -0.15) is 0 Å². The third kappa shape index (κ3) is 58.1. The van der Waals surface area contributed by atoms with Crippen LogP contribution in [0.2, 0.25) is 0 Å². The van der Waals surface area contributed by atoms with Crippen molar-refractivity contribution in [3.63, 3.8) is 0 Å². The Morgan fingerprint density at radius 3 is 0.847 bits per heavy atom. The van der Waals surface area contributed by atoms with Crippen LogP contribution in [0.25, 0.3) is 0 Å². The molecule has 0 aromatic rings. The lowest BCUT2D eigenvalue weighted by molar-refractivity contribution is -0.143. The SMILES string of the molecule is CCCCCCCCCCCCCCCCCCCCCCCCCCC(O)C(CO)NC(=O)CCCCCCCCCCCCCCCCCCCCOC(=O)CCCCCCCCCCCCCCC. The van der Waals surface area contributed by atoms with Crippen LogP contribution in [0.1, 0.15) is 386 Å². The van der Waals surface area contributed by atoms with Crippen molar-refractivity contribution in [2.45, 2.75) is 398 Å². The van der Waals surface area contributed by atoms with Crippen molar-refractivity contribution >= 4 is 11.9 Å². The number of aliphatic hydroxyl groups excluding tert-OH is 2. The molecule has 0 rings (SSSR count). The average Bonchev–Trinajstić information content (AvgIpc) is 3.38. The van der Waals surface area contributed by atoms with Crippen molar-refractivity contribution < 1.29 is 24.5 Å². The van der Waals surface area contributed by atoms with Gasteiger partial charge in [0.15, 0.2) is 0 Å². The van der Waals surface area contributed by atoms with Crippen LogP contribution in [0.4, 0.5) is 0 Å². The van der Waals surface area contributed by atoms with Gasteiger partial charge >= 0.3 is 5.97 Å². The largest absolute Gasteiger partial charge is 0.466 e. The van der Waals surface area contributed by atoms with E-state index in [0.29, 0.717) is 25.9 Å². The molecule has 2 atom stereocenters. The third-order valence-corrected chi connectivity index (χ3v) is 15.9. The van der Waals surface area contributed by atoms with E-state index in [9.17, 15) is 19.8 Å². The molecule has 0 heterocycles. The maximum Gasteiger partial charge on any atom is 0.305 e. The van der Waals surface area contributed by atoms with Gasteiger partial charge in [-0.25, -0.2) is 0 Å². The number of unbranched alkanes of at least 4 members (excludes halogenated alkanes) is 52. The maximum atomic E-state index is 12.5. The standard InChI is InChI=1S/C66H131NO5/c1-3-5-7-9-11-13-15-17-18-19-20-21-22-23-24-25-28-31-35-38-42-46-50-54-58-64(69)63(62-68)67-65(70)59-55-51-47-43-39-36-32-29-26-27-30-33-37-41-45-49-53-57-61-72-66(71)60-56-52-48-44-40-34-16-14-12-10-8-6-4-2/h63-64,68-69H,3-62H2,1-2H3,(H,67,70). The molecule has 6 heteroatoms. The molecule has 0 bridgehead atoms. The summed E-state index contributed by atoms with van der Waals surface area (Å²) in [5.41, 5.74) is 0. The monoisotopic (exact) mass is 1020 g/mol. The van der Waals surface area contributed by atoms with Crippen molar-refractivity contribution in [2.75, 3.05) is 13.2 Å². The first-order valence-corrected chi connectivity index (χ1v) is 33.3. The van der Waals surface area contributed by atoms with Crippen molar-refractivity contribution in [1.82, 2.24) is 5.32 Å². The second-order valence-electron chi connectivity index (χ2n) is 23.2. The van der Waals surface area contributed by atoms with E-state index < -0.39 is 12.1 Å². The summed E-state index contributed by atoms with van der Waals surface area (Å²) < 4.78 is 5.48. The zero-order valence-corrected chi connectivity index (χ0v) is 49.2. The number of aliphatic hydroxyl groups is 2. The van der Waals surface area contributed by atoms with E-state index in [2.05, 4.69) is 19.2 Å². The molecule has 0 saturated heterocycles. The van der Waals surface area contributed by atoms with Gasteiger partial charge in [0.25, 0.3) is 0 Å². The van der Waals surface area contributed by atoms with Crippen molar-refractivity contribution in [1.29, 1.82) is 0 Å². The lowest BCUT2D eigenvalue weighted by Crippen LogP contribution is -2.45. The summed E-state index contributed by atoms with van der Waals surface area (Å²) >= 11 is 0. The number of carbonyl (C=O) groups excluding carboxylic acids is 2. The van der Waals surface area contributed by atoms with Crippen LogP contribution in [0, 0.1) is 0 Å². The zero-order valence-electron chi connectivity index (χ0n) is 49.2. The van der Waals surface area contributed by atoms with Crippen molar-refractivity contribution in [3.05, 3.63) is 0 Å². The highest BCUT2D eigenvalue weighted by atomic mass is 16.5. The van der Waals surface area contributed by atoms with E-state index in [1.165, 1.54) is 315 Å². The van der Waals surface area contributed by atoms with Gasteiger partial charge in [-0.3, -0.25) is 9.59 Å². The lowest BCUT2D eigenvalue weighted by atomic mass is 10.0. The van der Waals surface area contributed by atoms with Crippen molar-refractivity contribution in [3.8, 4) is 0 Å². The first-order valence-electron chi connectivity index (χ1n) is 33.3. The number of esters is 1. The summed E-state index contributed by atoms with van der Waals surface area (Å²) in [4.78, 5) is 24.6. The van der Waals surface area contributed by atoms with Crippen LogP contribution in [0.3, 0.4) is 0 Å². The molecule has 0 fully saturated rings. The fourth-order valence-corrected chi connectivity index (χ4v) is 10.8. The van der Waals surface area contributed by atoms with Crippen LogP contribution >= 0.6 is 0 Å². The Kier molecular flexibility index (Phi) is 61.4. The molecule has 2 unspecified atom stereocenters. The minimum Gasteiger partial charge on any atom is -0.466 e. The van der Waals surface area contributed by atoms with Crippen molar-refractivity contribution in [2.24, 2.45) is 0 Å². The molecule has 1 amide bonds. The summed E-state index contributed by atoms with van der Waals surface area (Å²) in [5.74, 6) is -0.0229. The smallest absolute Gasteiger partial charge is 0.305 e. The highest BCUT2D eigenvalue weighted by molar-refractivity contribution is 5.76. The number of hydrogen-bond acceptors (Lipinski definition) is 5. The van der Waals surface area contributed by atoms with Crippen LogP contribution in [-0.2, 0) is 14.3 Å². The van der Waals surface area contributed by atoms with Gasteiger partial charge in [0.05, 0.1) is 25.4 Å². The lowest BCUT2D eigenvalue weighted by Gasteiger charge is -2.22. The number of rotatable bonds is 63. The molecular formula is C66H131NO5. The Morgan fingerprint density at radius 2 is 0.569 bits per heavy atom. The predicted octanol–water partition coefficient (Wildman–Crippen LogP) is 21.0. The molecule has 430 valence electrons. The summed E-state index contributed by atoms with van der Waals surface area (Å²) in [7, 11) is 0. The fourth-order valence-electron chi connectivity index (χ4n) is 10.8. The second kappa shape index (κ2) is 62.4. The van der Waals surface area contributed by atoms with E-state index in [4.69, 9.17) is 4.74 Å². The average molecular weight is 1020 g/mol.